The summed E-state index contributed by atoms with van der Waals surface area (Å²) in [5, 5.41) is 20.2. The lowest BCUT2D eigenvalue weighted by molar-refractivity contribution is -0.795. The summed E-state index contributed by atoms with van der Waals surface area (Å²) in [6.45, 7) is 1.75. The average Bonchev–Trinajstić information content (AvgIpc) is 2.54. The number of nitrogens with one attached hydrogen (secondary N) is 2. The predicted molar refractivity (Wildman–Crippen MR) is 93.1 cm³/mol. The molecule has 0 atom stereocenters. The van der Waals surface area contributed by atoms with Gasteiger partial charge in [-0.1, -0.05) is 25.3 Å². The van der Waals surface area contributed by atoms with E-state index in [-0.39, 0.29) is 0 Å². The van der Waals surface area contributed by atoms with Crippen LogP contribution >= 0.6 is 0 Å². The van der Waals surface area contributed by atoms with Crippen molar-refractivity contribution in [3.63, 3.8) is 0 Å². The van der Waals surface area contributed by atoms with Gasteiger partial charge in [0.15, 0.2) is 0 Å². The molecule has 6 heteroatoms. The van der Waals surface area contributed by atoms with Crippen molar-refractivity contribution in [2.45, 2.75) is 25.3 Å². The van der Waals surface area contributed by atoms with Crippen LogP contribution in [0, 0.1) is 0 Å². The first-order chi connectivity index (χ1) is 10.6. The maximum Gasteiger partial charge on any atom is 0.338 e. The van der Waals surface area contributed by atoms with Crippen LogP contribution in [-0.2, 0) is 0 Å². The van der Waals surface area contributed by atoms with Crippen LogP contribution in [-0.4, -0.2) is 49.2 Å². The van der Waals surface area contributed by atoms with Gasteiger partial charge in [-0.15, -0.1) is 24.3 Å². The largest absolute Gasteiger partial charge is 0.554 e. The van der Waals surface area contributed by atoms with E-state index in [9.17, 15) is 10.0 Å². The van der Waals surface area contributed by atoms with Crippen LogP contribution < -0.4 is 9.62 Å². The Labute approximate surface area is 133 Å². The van der Waals surface area contributed by atoms with E-state index in [0.717, 1.165) is 51.5 Å². The molecular formula is C16H28B2N2O2. The average molecular weight is 302 g/mol. The number of quaternary nitrogens is 2. The van der Waals surface area contributed by atoms with E-state index < -0.39 is 13.0 Å². The van der Waals surface area contributed by atoms with E-state index in [2.05, 4.69) is 48.6 Å². The monoisotopic (exact) mass is 302 g/mol. The minimum atomic E-state index is -1.12. The van der Waals surface area contributed by atoms with Gasteiger partial charge in [-0.2, -0.15) is 0 Å². The van der Waals surface area contributed by atoms with Gasteiger partial charge in [-0.05, 0) is 24.3 Å². The highest BCUT2D eigenvalue weighted by molar-refractivity contribution is 6.65. The summed E-state index contributed by atoms with van der Waals surface area (Å²) >= 11 is 0. The lowest BCUT2D eigenvalue weighted by Gasteiger charge is -2.44. The molecule has 0 saturated carbocycles. The minimum Gasteiger partial charge on any atom is -0.554 e. The maximum atomic E-state index is 10.1. The topological polar surface area (TPSA) is 49.3 Å². The van der Waals surface area contributed by atoms with Crippen molar-refractivity contribution in [3.05, 3.63) is 48.6 Å². The van der Waals surface area contributed by atoms with Gasteiger partial charge < -0.3 is 19.7 Å². The zero-order valence-corrected chi connectivity index (χ0v) is 13.3. The highest BCUT2D eigenvalue weighted by atomic mass is 16.2. The first kappa shape index (κ1) is 15.8. The fraction of sp³-hybridized carbons (Fsp3) is 0.500. The van der Waals surface area contributed by atoms with Crippen LogP contribution in [0.5, 0.6) is 0 Å². The molecular weight excluding hydrogens is 274 g/mol. The predicted octanol–water partition coefficient (Wildman–Crippen LogP) is -1.11. The van der Waals surface area contributed by atoms with Crippen molar-refractivity contribution in [3.8, 4) is 0 Å². The Hall–Kier alpha value is -1.07. The summed E-state index contributed by atoms with van der Waals surface area (Å²) in [6.07, 6.45) is 20.6. The molecule has 0 bridgehead atoms. The molecule has 0 aromatic carbocycles. The molecule has 0 amide bonds. The summed E-state index contributed by atoms with van der Waals surface area (Å²) in [5.74, 6) is 0. The molecule has 4 aliphatic rings. The Balaban J connectivity index is 0.000000131. The third-order valence-electron chi connectivity index (χ3n) is 5.81. The van der Waals surface area contributed by atoms with Gasteiger partial charge in [-0.25, -0.2) is 0 Å². The summed E-state index contributed by atoms with van der Waals surface area (Å²) in [7, 11) is 0. The van der Waals surface area contributed by atoms with Crippen molar-refractivity contribution >= 4 is 13.0 Å². The first-order valence-electron chi connectivity index (χ1n) is 8.74. The molecule has 4 rings (SSSR count). The fourth-order valence-corrected chi connectivity index (χ4v) is 4.13. The quantitative estimate of drug-likeness (QED) is 0.339. The van der Waals surface area contributed by atoms with Gasteiger partial charge in [0.25, 0.3) is 0 Å². The van der Waals surface area contributed by atoms with Crippen molar-refractivity contribution < 1.29 is 19.7 Å². The number of allylic oxidation sites excluding steroid dienone is 4. The second kappa shape index (κ2) is 6.59. The SMILES string of the molecule is O[B-]12CC=CC[NH+]1CC=CC2.O[B-]12CC=CC[NH+]1CC=CC2. The molecule has 0 radical (unpaired) electrons. The molecule has 0 aliphatic carbocycles. The van der Waals surface area contributed by atoms with Crippen LogP contribution in [0.15, 0.2) is 48.6 Å². The minimum absolute atomic E-state index is 0.875. The lowest BCUT2D eigenvalue weighted by atomic mass is 9.43. The standard InChI is InChI=1S/2C8H14BNO/c2*11-9-5-1-3-7-10(9)8-4-2-6-9/h2*1-4,10-11H,5-8H2. The molecule has 0 aromatic heterocycles. The zero-order valence-electron chi connectivity index (χ0n) is 13.3. The third kappa shape index (κ3) is 3.30. The molecule has 0 aromatic rings. The van der Waals surface area contributed by atoms with E-state index in [0.29, 0.717) is 0 Å². The normalized spacial score (nSPS) is 42.1. The van der Waals surface area contributed by atoms with Crippen molar-refractivity contribution in [1.82, 2.24) is 0 Å². The summed E-state index contributed by atoms with van der Waals surface area (Å²) < 4.78 is 0. The second-order valence-corrected chi connectivity index (χ2v) is 7.34. The van der Waals surface area contributed by atoms with Gasteiger partial charge in [0.2, 0.25) is 0 Å². The van der Waals surface area contributed by atoms with E-state index in [4.69, 9.17) is 0 Å². The Morgan fingerprint density at radius 2 is 0.773 bits per heavy atom. The number of hydrogen-bond donors (Lipinski definition) is 4. The molecule has 120 valence electrons. The molecule has 0 fully saturated rings. The Kier molecular flexibility index (Phi) is 4.73. The Morgan fingerprint density at radius 1 is 0.500 bits per heavy atom. The van der Waals surface area contributed by atoms with Crippen LogP contribution in [0.2, 0.25) is 25.3 Å². The molecule has 4 heterocycles. The Bertz CT molecular complexity index is 434. The van der Waals surface area contributed by atoms with Gasteiger partial charge in [0, 0.05) is 0 Å². The van der Waals surface area contributed by atoms with Crippen LogP contribution in [0.4, 0.5) is 0 Å². The molecule has 4 N–H and O–H groups in total. The van der Waals surface area contributed by atoms with Crippen molar-refractivity contribution in [2.75, 3.05) is 26.2 Å². The molecule has 4 aliphatic heterocycles. The second-order valence-electron chi connectivity index (χ2n) is 7.34. The maximum absolute atomic E-state index is 10.1. The van der Waals surface area contributed by atoms with Gasteiger partial charge >= 0.3 is 13.0 Å². The van der Waals surface area contributed by atoms with Crippen molar-refractivity contribution in [1.29, 1.82) is 0 Å². The van der Waals surface area contributed by atoms with Crippen LogP contribution in [0.3, 0.4) is 0 Å². The zero-order chi connectivity index (χ0) is 15.5. The van der Waals surface area contributed by atoms with Crippen LogP contribution in [0.25, 0.3) is 0 Å². The molecule has 0 spiro atoms. The van der Waals surface area contributed by atoms with E-state index in [1.165, 1.54) is 9.62 Å². The number of fused-ring (bicyclic) bond motifs is 2. The first-order valence-corrected chi connectivity index (χ1v) is 8.74. The third-order valence-corrected chi connectivity index (χ3v) is 5.81. The lowest BCUT2D eigenvalue weighted by Crippen LogP contribution is -3.23. The number of hydrogen-bond acceptors (Lipinski definition) is 2. The summed E-state index contributed by atoms with van der Waals surface area (Å²) in [4.78, 5) is 2.71. The highest BCUT2D eigenvalue weighted by Gasteiger charge is 2.37. The smallest absolute Gasteiger partial charge is 0.338 e. The van der Waals surface area contributed by atoms with Crippen molar-refractivity contribution in [2.24, 2.45) is 0 Å². The Morgan fingerprint density at radius 3 is 1.00 bits per heavy atom. The van der Waals surface area contributed by atoms with E-state index in [1.807, 2.05) is 0 Å². The van der Waals surface area contributed by atoms with Gasteiger partial charge in [0.1, 0.15) is 0 Å². The van der Waals surface area contributed by atoms with Gasteiger partial charge in [0.05, 0.1) is 26.2 Å². The fourth-order valence-electron chi connectivity index (χ4n) is 4.13. The van der Waals surface area contributed by atoms with Gasteiger partial charge in [-0.3, -0.25) is 0 Å². The summed E-state index contributed by atoms with van der Waals surface area (Å²) in [6, 6.07) is 0. The molecule has 0 saturated heterocycles. The van der Waals surface area contributed by atoms with E-state index in [1.54, 1.807) is 0 Å². The molecule has 0 unspecified atom stereocenters. The molecule has 4 nitrogen and oxygen atoms in total. The summed E-state index contributed by atoms with van der Waals surface area (Å²) in [5.41, 5.74) is 0. The molecule has 22 heavy (non-hydrogen) atoms. The number of rotatable bonds is 0. The van der Waals surface area contributed by atoms with Crippen LogP contribution in [0.1, 0.15) is 0 Å². The van der Waals surface area contributed by atoms with E-state index >= 15 is 0 Å². The highest BCUT2D eigenvalue weighted by Crippen LogP contribution is 2.12.